The molecule has 31 heavy (non-hydrogen) atoms. The predicted octanol–water partition coefficient (Wildman–Crippen LogP) is 4.11. The quantitative estimate of drug-likeness (QED) is 0.475. The van der Waals surface area contributed by atoms with E-state index in [0.717, 1.165) is 12.3 Å². The van der Waals surface area contributed by atoms with Crippen LogP contribution < -0.4 is 4.90 Å². The number of non-ortho nitro benzene ring substituents is 1. The summed E-state index contributed by atoms with van der Waals surface area (Å²) in [6.07, 6.45) is -2.29. The minimum absolute atomic E-state index is 0.112. The molecule has 1 N–H and O–H groups in total. The summed E-state index contributed by atoms with van der Waals surface area (Å²) < 4.78 is 38.4. The number of nitrogens with one attached hydrogen (secondary N) is 1. The molecule has 1 saturated heterocycles. The first kappa shape index (κ1) is 20.9. The number of rotatable bonds is 3. The summed E-state index contributed by atoms with van der Waals surface area (Å²) in [7, 11) is 0. The molecule has 1 aromatic carbocycles. The Hall–Kier alpha value is -3.34. The van der Waals surface area contributed by atoms with Gasteiger partial charge in [-0.15, -0.1) is 0 Å². The van der Waals surface area contributed by atoms with Crippen molar-refractivity contribution in [2.75, 3.05) is 31.1 Å². The number of H-pyrrole nitrogens is 1. The molecular weight excluding hydrogens is 439 g/mol. The van der Waals surface area contributed by atoms with Gasteiger partial charge in [-0.05, 0) is 12.1 Å². The van der Waals surface area contributed by atoms with E-state index in [-0.39, 0.29) is 22.4 Å². The number of hydrogen-bond acceptors (Lipinski definition) is 5. The second-order valence-electron chi connectivity index (χ2n) is 7.00. The molecule has 0 aliphatic carbocycles. The molecule has 1 fully saturated rings. The van der Waals surface area contributed by atoms with Crippen molar-refractivity contribution in [3.8, 4) is 0 Å². The maximum absolute atomic E-state index is 13.0. The number of pyridine rings is 1. The first-order valence-electron chi connectivity index (χ1n) is 9.17. The van der Waals surface area contributed by atoms with Gasteiger partial charge in [0, 0.05) is 61.6 Å². The molecular formula is C19H15ClF3N5O3. The fourth-order valence-corrected chi connectivity index (χ4v) is 3.80. The lowest BCUT2D eigenvalue weighted by Gasteiger charge is -2.35. The Morgan fingerprint density at radius 3 is 2.52 bits per heavy atom. The van der Waals surface area contributed by atoms with Gasteiger partial charge >= 0.3 is 6.18 Å². The summed E-state index contributed by atoms with van der Waals surface area (Å²) in [5, 5.41) is 11.4. The second kappa shape index (κ2) is 7.73. The highest BCUT2D eigenvalue weighted by Gasteiger charge is 2.32. The first-order chi connectivity index (χ1) is 14.6. The molecule has 12 heteroatoms. The fraction of sp³-hybridized carbons (Fsp3) is 0.263. The molecule has 162 valence electrons. The number of anilines is 1. The Balaban J connectivity index is 1.49. The minimum atomic E-state index is -4.53. The smallest absolute Gasteiger partial charge is 0.360 e. The zero-order valence-electron chi connectivity index (χ0n) is 15.8. The number of alkyl halides is 3. The van der Waals surface area contributed by atoms with Crippen LogP contribution in [0.25, 0.3) is 10.9 Å². The van der Waals surface area contributed by atoms with E-state index in [1.165, 1.54) is 18.3 Å². The van der Waals surface area contributed by atoms with E-state index >= 15 is 0 Å². The molecule has 0 atom stereocenters. The predicted molar refractivity (Wildman–Crippen MR) is 107 cm³/mol. The van der Waals surface area contributed by atoms with Crippen LogP contribution in [0.15, 0.2) is 36.7 Å². The highest BCUT2D eigenvalue weighted by atomic mass is 35.5. The van der Waals surface area contributed by atoms with Gasteiger partial charge in [-0.1, -0.05) is 11.6 Å². The number of benzene rings is 1. The number of nitrogens with zero attached hydrogens (tertiary/aromatic N) is 4. The number of nitro benzene ring substituents is 1. The molecule has 1 aliphatic heterocycles. The number of amides is 1. The second-order valence-corrected chi connectivity index (χ2v) is 7.40. The van der Waals surface area contributed by atoms with Gasteiger partial charge in [0.25, 0.3) is 11.6 Å². The lowest BCUT2D eigenvalue weighted by molar-refractivity contribution is -0.384. The lowest BCUT2D eigenvalue weighted by atomic mass is 10.1. The van der Waals surface area contributed by atoms with Crippen molar-refractivity contribution in [3.05, 3.63) is 62.9 Å². The molecule has 2 aromatic heterocycles. The van der Waals surface area contributed by atoms with Crippen LogP contribution in [0.3, 0.4) is 0 Å². The SMILES string of the molecule is O=C(c1c[nH]c2ccc([N+](=O)[O-])cc12)N1CCN(c2ncc(C(F)(F)F)cc2Cl)CC1. The van der Waals surface area contributed by atoms with Crippen molar-refractivity contribution >= 4 is 39.9 Å². The van der Waals surface area contributed by atoms with Crippen LogP contribution >= 0.6 is 11.6 Å². The van der Waals surface area contributed by atoms with Crippen molar-refractivity contribution in [1.82, 2.24) is 14.9 Å². The van der Waals surface area contributed by atoms with Crippen LogP contribution in [0.2, 0.25) is 5.02 Å². The van der Waals surface area contributed by atoms with Crippen molar-refractivity contribution in [2.24, 2.45) is 0 Å². The highest BCUT2D eigenvalue weighted by molar-refractivity contribution is 6.33. The number of carbonyl (C=O) groups excluding carboxylic acids is 1. The van der Waals surface area contributed by atoms with Crippen LogP contribution in [0.5, 0.6) is 0 Å². The number of aromatic amines is 1. The summed E-state index contributed by atoms with van der Waals surface area (Å²) in [4.78, 5) is 33.6. The van der Waals surface area contributed by atoms with Gasteiger partial charge in [0.1, 0.15) is 5.82 Å². The fourth-order valence-electron chi connectivity index (χ4n) is 3.51. The van der Waals surface area contributed by atoms with E-state index in [9.17, 15) is 28.1 Å². The van der Waals surface area contributed by atoms with E-state index in [2.05, 4.69) is 9.97 Å². The average molecular weight is 454 g/mol. The average Bonchev–Trinajstić information content (AvgIpc) is 3.16. The first-order valence-corrected chi connectivity index (χ1v) is 9.55. The van der Waals surface area contributed by atoms with Gasteiger partial charge < -0.3 is 14.8 Å². The third-order valence-electron chi connectivity index (χ3n) is 5.12. The molecule has 1 aliphatic rings. The molecule has 0 spiro atoms. The molecule has 3 heterocycles. The maximum atomic E-state index is 13.0. The van der Waals surface area contributed by atoms with Crippen LogP contribution in [0.1, 0.15) is 15.9 Å². The minimum Gasteiger partial charge on any atom is -0.360 e. The summed E-state index contributed by atoms with van der Waals surface area (Å²) in [5.74, 6) is -0.0673. The Morgan fingerprint density at radius 1 is 1.19 bits per heavy atom. The summed E-state index contributed by atoms with van der Waals surface area (Å²) in [6.45, 7) is 1.23. The lowest BCUT2D eigenvalue weighted by Crippen LogP contribution is -2.49. The standard InChI is InChI=1S/C19H15ClF3N5O3/c20-15-7-11(19(21,22)23)9-25-17(15)26-3-5-27(6-4-26)18(29)14-10-24-16-2-1-12(28(30)31)8-13(14)16/h1-2,7-10,24H,3-6H2. The monoisotopic (exact) mass is 453 g/mol. The van der Waals surface area contributed by atoms with E-state index in [1.54, 1.807) is 15.9 Å². The van der Waals surface area contributed by atoms with Gasteiger partial charge in [-0.3, -0.25) is 14.9 Å². The molecule has 0 radical (unpaired) electrons. The van der Waals surface area contributed by atoms with Gasteiger partial charge in [0.05, 0.1) is 21.1 Å². The van der Waals surface area contributed by atoms with Crippen LogP contribution in [-0.2, 0) is 6.18 Å². The van der Waals surface area contributed by atoms with E-state index in [1.807, 2.05) is 0 Å². The normalized spacial score (nSPS) is 14.8. The zero-order chi connectivity index (χ0) is 22.3. The number of halogens is 4. The number of piperazine rings is 1. The number of hydrogen-bond donors (Lipinski definition) is 1. The van der Waals surface area contributed by atoms with Gasteiger partial charge in [-0.2, -0.15) is 13.2 Å². The molecule has 0 bridgehead atoms. The summed E-state index contributed by atoms with van der Waals surface area (Å²) >= 11 is 6.01. The zero-order valence-corrected chi connectivity index (χ0v) is 16.6. The number of nitro groups is 1. The Kier molecular flexibility index (Phi) is 5.21. The Bertz CT molecular complexity index is 1170. The molecule has 4 rings (SSSR count). The topological polar surface area (TPSA) is 95.4 Å². The van der Waals surface area contributed by atoms with Crippen molar-refractivity contribution in [1.29, 1.82) is 0 Å². The van der Waals surface area contributed by atoms with E-state index < -0.39 is 16.7 Å². The van der Waals surface area contributed by atoms with Gasteiger partial charge in [-0.25, -0.2) is 4.98 Å². The third-order valence-corrected chi connectivity index (χ3v) is 5.40. The largest absolute Gasteiger partial charge is 0.417 e. The molecule has 8 nitrogen and oxygen atoms in total. The van der Waals surface area contributed by atoms with Crippen molar-refractivity contribution in [2.45, 2.75) is 6.18 Å². The van der Waals surface area contributed by atoms with Gasteiger partial charge in [0.2, 0.25) is 0 Å². The van der Waals surface area contributed by atoms with E-state index in [0.29, 0.717) is 42.6 Å². The van der Waals surface area contributed by atoms with Gasteiger partial charge in [0.15, 0.2) is 0 Å². The Morgan fingerprint density at radius 2 is 1.90 bits per heavy atom. The Labute approximate surface area is 178 Å². The van der Waals surface area contributed by atoms with Crippen molar-refractivity contribution in [3.63, 3.8) is 0 Å². The van der Waals surface area contributed by atoms with Crippen LogP contribution in [-0.4, -0.2) is 51.9 Å². The highest BCUT2D eigenvalue weighted by Crippen LogP contribution is 2.34. The number of carbonyl (C=O) groups is 1. The summed E-state index contributed by atoms with van der Waals surface area (Å²) in [5.41, 5.74) is -0.122. The molecule has 1 amide bonds. The molecule has 0 unspecified atom stereocenters. The molecule has 0 saturated carbocycles. The number of aromatic nitrogens is 2. The third kappa shape index (κ3) is 4.00. The van der Waals surface area contributed by atoms with Crippen molar-refractivity contribution < 1.29 is 22.9 Å². The van der Waals surface area contributed by atoms with Crippen LogP contribution in [0.4, 0.5) is 24.7 Å². The molecule has 3 aromatic rings. The maximum Gasteiger partial charge on any atom is 0.417 e. The summed E-state index contributed by atoms with van der Waals surface area (Å²) in [6, 6.07) is 5.08. The van der Waals surface area contributed by atoms with Crippen LogP contribution in [0, 0.1) is 10.1 Å². The number of fused-ring (bicyclic) bond motifs is 1. The van der Waals surface area contributed by atoms with E-state index in [4.69, 9.17) is 11.6 Å².